The van der Waals surface area contributed by atoms with Crippen LogP contribution in [0.2, 0.25) is 10.0 Å². The number of nitrogens with zero attached hydrogens (tertiary/aromatic N) is 1. The molecule has 0 aliphatic carbocycles. The van der Waals surface area contributed by atoms with Gasteiger partial charge in [-0.15, -0.1) is 0 Å². The maximum Gasteiger partial charge on any atom is 0.241 e. The molecule has 0 aliphatic heterocycles. The summed E-state index contributed by atoms with van der Waals surface area (Å²) in [5, 5.41) is 3.13. The predicted molar refractivity (Wildman–Crippen MR) is 72.8 cm³/mol. The van der Waals surface area contributed by atoms with E-state index in [0.717, 1.165) is 12.1 Å². The molecule has 3 nitrogen and oxygen atoms in total. The lowest BCUT2D eigenvalue weighted by Crippen LogP contribution is -2.37. The van der Waals surface area contributed by atoms with E-state index in [0.29, 0.717) is 5.69 Å². The molecule has 100 valence electrons. The number of halogens is 3. The predicted octanol–water partition coefficient (Wildman–Crippen LogP) is 3.41. The van der Waals surface area contributed by atoms with Gasteiger partial charge < -0.3 is 10.2 Å². The van der Waals surface area contributed by atoms with Gasteiger partial charge in [-0.05, 0) is 26.0 Å². The molecule has 6 heteroatoms. The van der Waals surface area contributed by atoms with Gasteiger partial charge in [0.25, 0.3) is 0 Å². The van der Waals surface area contributed by atoms with E-state index in [-0.39, 0.29) is 28.5 Å². The first kappa shape index (κ1) is 15.1. The Bertz CT molecular complexity index is 429. The van der Waals surface area contributed by atoms with Crippen LogP contribution in [-0.4, -0.2) is 30.4 Å². The molecule has 18 heavy (non-hydrogen) atoms. The minimum absolute atomic E-state index is 0.0553. The van der Waals surface area contributed by atoms with Crippen LogP contribution in [-0.2, 0) is 4.79 Å². The molecular weight excluding hydrogens is 278 g/mol. The first-order valence-electron chi connectivity index (χ1n) is 5.47. The van der Waals surface area contributed by atoms with Crippen LogP contribution in [0.5, 0.6) is 0 Å². The molecule has 0 saturated carbocycles. The van der Waals surface area contributed by atoms with Crippen molar-refractivity contribution in [3.8, 4) is 0 Å². The summed E-state index contributed by atoms with van der Waals surface area (Å²) in [6.45, 7) is 3.88. The van der Waals surface area contributed by atoms with Gasteiger partial charge in [0, 0.05) is 13.1 Å². The first-order valence-corrected chi connectivity index (χ1v) is 6.22. The number of hydrogen-bond acceptors (Lipinski definition) is 2. The Balaban J connectivity index is 2.73. The highest BCUT2D eigenvalue weighted by Crippen LogP contribution is 2.31. The minimum Gasteiger partial charge on any atom is -0.374 e. The molecule has 1 amide bonds. The molecule has 1 aromatic rings. The van der Waals surface area contributed by atoms with Gasteiger partial charge >= 0.3 is 0 Å². The number of hydrogen-bond donors (Lipinski definition) is 1. The van der Waals surface area contributed by atoms with Crippen molar-refractivity contribution in [3.63, 3.8) is 0 Å². The summed E-state index contributed by atoms with van der Waals surface area (Å²) in [5.74, 6) is -0.609. The molecule has 0 radical (unpaired) electrons. The highest BCUT2D eigenvalue weighted by Gasteiger charge is 2.14. The lowest BCUT2D eigenvalue weighted by Gasteiger charge is -2.22. The van der Waals surface area contributed by atoms with Crippen molar-refractivity contribution < 1.29 is 9.18 Å². The Hall–Kier alpha value is -1.00. The van der Waals surface area contributed by atoms with Gasteiger partial charge in [-0.1, -0.05) is 23.2 Å². The second kappa shape index (κ2) is 6.25. The van der Waals surface area contributed by atoms with Gasteiger partial charge in [-0.25, -0.2) is 4.39 Å². The number of anilines is 1. The van der Waals surface area contributed by atoms with Crippen LogP contribution in [0.3, 0.4) is 0 Å². The second-order valence-corrected chi connectivity index (χ2v) is 5.01. The maximum atomic E-state index is 13.0. The van der Waals surface area contributed by atoms with E-state index in [9.17, 15) is 9.18 Å². The second-order valence-electron chi connectivity index (χ2n) is 4.20. The minimum atomic E-state index is -0.513. The highest BCUT2D eigenvalue weighted by molar-refractivity contribution is 6.39. The van der Waals surface area contributed by atoms with E-state index in [2.05, 4.69) is 5.32 Å². The van der Waals surface area contributed by atoms with Crippen molar-refractivity contribution in [3.05, 3.63) is 28.0 Å². The van der Waals surface area contributed by atoms with Crippen LogP contribution in [0.15, 0.2) is 12.1 Å². The molecule has 0 bridgehead atoms. The Morgan fingerprint density at radius 2 is 1.89 bits per heavy atom. The van der Waals surface area contributed by atoms with E-state index < -0.39 is 5.82 Å². The average Bonchev–Trinajstić information content (AvgIpc) is 2.25. The van der Waals surface area contributed by atoms with Crippen LogP contribution in [0.25, 0.3) is 0 Å². The molecule has 0 saturated heterocycles. The third-order valence-electron chi connectivity index (χ3n) is 2.59. The van der Waals surface area contributed by atoms with Crippen molar-refractivity contribution in [1.29, 1.82) is 0 Å². The van der Waals surface area contributed by atoms with Crippen LogP contribution in [0.1, 0.15) is 13.8 Å². The van der Waals surface area contributed by atoms with Crippen molar-refractivity contribution in [1.82, 2.24) is 4.90 Å². The molecule has 0 aliphatic rings. The molecule has 1 N–H and O–H groups in total. The largest absolute Gasteiger partial charge is 0.374 e. The summed E-state index contributed by atoms with van der Waals surface area (Å²) in [6, 6.07) is 2.40. The summed E-state index contributed by atoms with van der Waals surface area (Å²) in [6.07, 6.45) is 0. The van der Waals surface area contributed by atoms with E-state index in [4.69, 9.17) is 23.2 Å². The fraction of sp³-hybridized carbons (Fsp3) is 0.417. The highest BCUT2D eigenvalue weighted by atomic mass is 35.5. The topological polar surface area (TPSA) is 32.3 Å². The monoisotopic (exact) mass is 292 g/mol. The molecule has 0 spiro atoms. The van der Waals surface area contributed by atoms with Gasteiger partial charge in [0.1, 0.15) is 5.82 Å². The number of likely N-dealkylation sites (N-methyl/N-ethyl adjacent to an activating group) is 1. The number of rotatable bonds is 4. The fourth-order valence-corrected chi connectivity index (χ4v) is 1.88. The van der Waals surface area contributed by atoms with Crippen molar-refractivity contribution >= 4 is 34.8 Å². The van der Waals surface area contributed by atoms with Crippen LogP contribution in [0.4, 0.5) is 10.1 Å². The summed E-state index contributed by atoms with van der Waals surface area (Å²) < 4.78 is 13.0. The maximum absolute atomic E-state index is 13.0. The standard InChI is InChI=1S/C12H15Cl2FN2O/c1-7(2)17(3)11(18)6-16-12-9(13)4-8(15)5-10(12)14/h4-5,7,16H,6H2,1-3H3. The van der Waals surface area contributed by atoms with Gasteiger partial charge in [0.05, 0.1) is 22.3 Å². The number of nitrogens with one attached hydrogen (secondary N) is 1. The van der Waals surface area contributed by atoms with Crippen molar-refractivity contribution in [2.45, 2.75) is 19.9 Å². The SMILES string of the molecule is CC(C)N(C)C(=O)CNc1c(Cl)cc(F)cc1Cl. The third-order valence-corrected chi connectivity index (χ3v) is 3.19. The summed E-state index contributed by atoms with van der Waals surface area (Å²) in [7, 11) is 1.71. The van der Waals surface area contributed by atoms with Crippen molar-refractivity contribution in [2.24, 2.45) is 0 Å². The van der Waals surface area contributed by atoms with Crippen molar-refractivity contribution in [2.75, 3.05) is 18.9 Å². The van der Waals surface area contributed by atoms with Crippen LogP contribution in [0, 0.1) is 5.82 Å². The zero-order valence-electron chi connectivity index (χ0n) is 10.4. The molecule has 0 unspecified atom stereocenters. The number of benzene rings is 1. The normalized spacial score (nSPS) is 10.6. The van der Waals surface area contributed by atoms with Crippen LogP contribution < -0.4 is 5.32 Å². The number of amides is 1. The molecular formula is C12H15Cl2FN2O. The lowest BCUT2D eigenvalue weighted by molar-refractivity contribution is -0.129. The molecule has 0 aromatic heterocycles. The van der Waals surface area contributed by atoms with Gasteiger partial charge in [-0.3, -0.25) is 4.79 Å². The van der Waals surface area contributed by atoms with Crippen LogP contribution >= 0.6 is 23.2 Å². The summed E-state index contributed by atoms with van der Waals surface area (Å²) in [4.78, 5) is 13.3. The number of carbonyl (C=O) groups excluding carboxylic acids is 1. The zero-order valence-corrected chi connectivity index (χ0v) is 11.9. The Labute approximate surface area is 116 Å². The Kier molecular flexibility index (Phi) is 5.23. The van der Waals surface area contributed by atoms with E-state index >= 15 is 0 Å². The van der Waals surface area contributed by atoms with E-state index in [1.165, 1.54) is 0 Å². The fourth-order valence-electron chi connectivity index (χ4n) is 1.29. The van der Waals surface area contributed by atoms with Gasteiger partial charge in [0.2, 0.25) is 5.91 Å². The summed E-state index contributed by atoms with van der Waals surface area (Å²) in [5.41, 5.74) is 0.366. The lowest BCUT2D eigenvalue weighted by atomic mass is 10.3. The number of carbonyl (C=O) groups is 1. The van der Waals surface area contributed by atoms with E-state index in [1.807, 2.05) is 13.8 Å². The molecule has 0 fully saturated rings. The van der Waals surface area contributed by atoms with Gasteiger partial charge in [0.15, 0.2) is 0 Å². The molecule has 0 heterocycles. The van der Waals surface area contributed by atoms with Gasteiger partial charge in [-0.2, -0.15) is 0 Å². The zero-order chi connectivity index (χ0) is 13.9. The molecule has 1 aromatic carbocycles. The quantitative estimate of drug-likeness (QED) is 0.922. The smallest absolute Gasteiger partial charge is 0.241 e. The molecule has 1 rings (SSSR count). The molecule has 0 atom stereocenters. The average molecular weight is 293 g/mol. The Morgan fingerprint density at radius 3 is 2.33 bits per heavy atom. The third kappa shape index (κ3) is 3.75. The Morgan fingerprint density at radius 1 is 1.39 bits per heavy atom. The first-order chi connectivity index (χ1) is 8.32. The van der Waals surface area contributed by atoms with E-state index in [1.54, 1.807) is 11.9 Å². The summed E-state index contributed by atoms with van der Waals surface area (Å²) >= 11 is 11.7.